The Labute approximate surface area is 178 Å². The Hall–Kier alpha value is -2.27. The summed E-state index contributed by atoms with van der Waals surface area (Å²) < 4.78 is 12.4. The van der Waals surface area contributed by atoms with Crippen LogP contribution in [-0.4, -0.2) is 30.6 Å². The maximum Gasteiger partial charge on any atom is 0.175 e. The van der Waals surface area contributed by atoms with Crippen LogP contribution < -0.4 is 5.32 Å². The molecule has 156 valence electrons. The van der Waals surface area contributed by atoms with E-state index in [2.05, 4.69) is 29.6 Å². The second kappa shape index (κ2) is 8.10. The summed E-state index contributed by atoms with van der Waals surface area (Å²) >= 11 is 0. The van der Waals surface area contributed by atoms with Gasteiger partial charge in [0.25, 0.3) is 0 Å². The van der Waals surface area contributed by atoms with Crippen LogP contribution in [0.4, 0.5) is 0 Å². The van der Waals surface area contributed by atoms with Crippen molar-refractivity contribution < 1.29 is 14.3 Å². The third kappa shape index (κ3) is 3.76. The molecule has 2 heterocycles. The highest BCUT2D eigenvalue weighted by atomic mass is 16.5. The first-order chi connectivity index (χ1) is 14.7. The zero-order chi connectivity index (χ0) is 20.4. The molecule has 2 aliphatic heterocycles. The normalized spacial score (nSPS) is 28.6. The first-order valence-electron chi connectivity index (χ1n) is 10.9. The molecule has 30 heavy (non-hydrogen) atoms. The van der Waals surface area contributed by atoms with E-state index in [1.165, 1.54) is 11.1 Å². The zero-order valence-electron chi connectivity index (χ0n) is 17.3. The molecule has 0 unspecified atom stereocenters. The van der Waals surface area contributed by atoms with Crippen LogP contribution in [-0.2, 0) is 27.5 Å². The largest absolute Gasteiger partial charge is 0.376 e. The molecule has 4 nitrogen and oxygen atoms in total. The number of nitrogens with one attached hydrogen (secondary N) is 1. The second-order valence-corrected chi connectivity index (χ2v) is 9.22. The van der Waals surface area contributed by atoms with E-state index in [0.29, 0.717) is 38.4 Å². The Bertz CT molecular complexity index is 865. The molecule has 0 aromatic heterocycles. The molecule has 2 aromatic carbocycles. The molecule has 1 spiro atoms. The van der Waals surface area contributed by atoms with Gasteiger partial charge in [0.15, 0.2) is 5.78 Å². The lowest BCUT2D eigenvalue weighted by molar-refractivity contribution is -0.122. The van der Waals surface area contributed by atoms with E-state index in [1.54, 1.807) is 6.08 Å². The molecule has 0 radical (unpaired) electrons. The van der Waals surface area contributed by atoms with E-state index in [4.69, 9.17) is 9.47 Å². The Balaban J connectivity index is 1.29. The lowest BCUT2D eigenvalue weighted by atomic mass is 9.82. The SMILES string of the molecule is O=C1C=C[C@@H]2C[C@H]3CC(COCc4ccccc4)(COCc4ccccc4)C[C@]13N2. The summed E-state index contributed by atoms with van der Waals surface area (Å²) in [4.78, 5) is 12.9. The lowest BCUT2D eigenvalue weighted by Gasteiger charge is -2.34. The average molecular weight is 404 g/mol. The predicted octanol–water partition coefficient (Wildman–Crippen LogP) is 4.06. The summed E-state index contributed by atoms with van der Waals surface area (Å²) in [6, 6.07) is 20.9. The molecule has 1 aliphatic carbocycles. The van der Waals surface area contributed by atoms with Gasteiger partial charge in [0.1, 0.15) is 0 Å². The molecule has 2 fully saturated rings. The van der Waals surface area contributed by atoms with E-state index in [1.807, 2.05) is 42.5 Å². The first-order valence-corrected chi connectivity index (χ1v) is 10.9. The molecule has 0 amide bonds. The van der Waals surface area contributed by atoms with E-state index < -0.39 is 5.54 Å². The summed E-state index contributed by atoms with van der Waals surface area (Å²) in [6.07, 6.45) is 6.61. The summed E-state index contributed by atoms with van der Waals surface area (Å²) in [5.41, 5.74) is 1.77. The standard InChI is InChI=1S/C26H29NO3/c28-24-12-11-23-13-22-14-25(17-26(22,24)27-23,18-29-15-20-7-3-1-4-8-20)19-30-16-21-9-5-2-6-10-21/h1-12,22-23,27H,13-19H2/t22-,23+,26+/m0/s1. The number of benzene rings is 2. The second-order valence-electron chi connectivity index (χ2n) is 9.22. The van der Waals surface area contributed by atoms with Gasteiger partial charge in [0.05, 0.1) is 32.0 Å². The average Bonchev–Trinajstić information content (AvgIpc) is 3.21. The van der Waals surface area contributed by atoms with E-state index >= 15 is 0 Å². The van der Waals surface area contributed by atoms with E-state index in [9.17, 15) is 4.79 Å². The van der Waals surface area contributed by atoms with Crippen LogP contribution in [0.25, 0.3) is 0 Å². The van der Waals surface area contributed by atoms with Crippen molar-refractivity contribution in [3.8, 4) is 0 Å². The Kier molecular flexibility index (Phi) is 5.32. The molecule has 1 N–H and O–H groups in total. The fourth-order valence-corrected chi connectivity index (χ4v) is 5.67. The van der Waals surface area contributed by atoms with Gasteiger partial charge < -0.3 is 9.47 Å². The third-order valence-corrected chi connectivity index (χ3v) is 6.97. The highest BCUT2D eigenvalue weighted by Crippen LogP contribution is 2.55. The fraction of sp³-hybridized carbons (Fsp3) is 0.423. The van der Waals surface area contributed by atoms with Crippen LogP contribution in [0.3, 0.4) is 0 Å². The Morgan fingerprint density at radius 2 is 1.50 bits per heavy atom. The minimum Gasteiger partial charge on any atom is -0.376 e. The van der Waals surface area contributed by atoms with Crippen LogP contribution in [0.15, 0.2) is 72.8 Å². The number of hydrogen-bond donors (Lipinski definition) is 1. The van der Waals surface area contributed by atoms with Gasteiger partial charge in [-0.05, 0) is 42.4 Å². The summed E-state index contributed by atoms with van der Waals surface area (Å²) in [6.45, 7) is 2.39. The highest BCUT2D eigenvalue weighted by Gasteiger charge is 2.62. The molecular weight excluding hydrogens is 374 g/mol. The van der Waals surface area contributed by atoms with Crippen molar-refractivity contribution in [2.75, 3.05) is 13.2 Å². The van der Waals surface area contributed by atoms with Gasteiger partial charge in [-0.3, -0.25) is 10.1 Å². The number of ether oxygens (including phenoxy) is 2. The summed E-state index contributed by atoms with van der Waals surface area (Å²) in [5.74, 6) is 0.583. The molecule has 1 saturated carbocycles. The maximum atomic E-state index is 12.9. The molecule has 2 aromatic rings. The van der Waals surface area contributed by atoms with Crippen molar-refractivity contribution in [3.63, 3.8) is 0 Å². The van der Waals surface area contributed by atoms with Gasteiger partial charge in [-0.1, -0.05) is 66.7 Å². The van der Waals surface area contributed by atoms with Crippen molar-refractivity contribution >= 4 is 5.78 Å². The van der Waals surface area contributed by atoms with Gasteiger partial charge in [0.2, 0.25) is 0 Å². The van der Waals surface area contributed by atoms with E-state index in [-0.39, 0.29) is 11.2 Å². The van der Waals surface area contributed by atoms with Crippen LogP contribution in [0.1, 0.15) is 30.4 Å². The van der Waals surface area contributed by atoms with Crippen molar-refractivity contribution in [1.82, 2.24) is 5.32 Å². The van der Waals surface area contributed by atoms with E-state index in [0.717, 1.165) is 19.3 Å². The molecular formula is C26H29NO3. The minimum atomic E-state index is -0.425. The van der Waals surface area contributed by atoms with Crippen LogP contribution in [0.5, 0.6) is 0 Å². The Morgan fingerprint density at radius 3 is 2.10 bits per heavy atom. The fourth-order valence-electron chi connectivity index (χ4n) is 5.67. The van der Waals surface area contributed by atoms with Crippen molar-refractivity contribution in [2.24, 2.45) is 11.3 Å². The summed E-state index contributed by atoms with van der Waals surface area (Å²) in [7, 11) is 0. The van der Waals surface area contributed by atoms with Crippen molar-refractivity contribution in [2.45, 2.75) is 44.1 Å². The quantitative estimate of drug-likeness (QED) is 0.722. The molecule has 4 heteroatoms. The number of carbonyl (C=O) groups is 1. The van der Waals surface area contributed by atoms with Crippen molar-refractivity contribution in [1.29, 1.82) is 0 Å². The Morgan fingerprint density at radius 1 is 0.900 bits per heavy atom. The highest BCUT2D eigenvalue weighted by molar-refractivity contribution is 6.00. The molecule has 5 rings (SSSR count). The molecule has 3 atom stereocenters. The smallest absolute Gasteiger partial charge is 0.175 e. The van der Waals surface area contributed by atoms with Gasteiger partial charge in [-0.2, -0.15) is 0 Å². The summed E-state index contributed by atoms with van der Waals surface area (Å²) in [5, 5.41) is 3.64. The van der Waals surface area contributed by atoms with Crippen LogP contribution in [0, 0.1) is 11.3 Å². The van der Waals surface area contributed by atoms with Crippen molar-refractivity contribution in [3.05, 3.63) is 83.9 Å². The zero-order valence-corrected chi connectivity index (χ0v) is 17.3. The number of carbonyl (C=O) groups excluding carboxylic acids is 1. The topological polar surface area (TPSA) is 47.6 Å². The number of hydrogen-bond acceptors (Lipinski definition) is 4. The van der Waals surface area contributed by atoms with Gasteiger partial charge in [0, 0.05) is 11.5 Å². The number of ketones is 1. The number of fused-ring (bicyclic) bond motifs is 1. The molecule has 3 aliphatic rings. The number of rotatable bonds is 8. The third-order valence-electron chi connectivity index (χ3n) is 6.97. The predicted molar refractivity (Wildman–Crippen MR) is 116 cm³/mol. The van der Waals surface area contributed by atoms with Gasteiger partial charge >= 0.3 is 0 Å². The lowest BCUT2D eigenvalue weighted by Crippen LogP contribution is -2.53. The van der Waals surface area contributed by atoms with Crippen LogP contribution >= 0.6 is 0 Å². The molecule has 1 saturated heterocycles. The molecule has 2 bridgehead atoms. The minimum absolute atomic E-state index is 0.146. The maximum absolute atomic E-state index is 12.9. The van der Waals surface area contributed by atoms with Gasteiger partial charge in [-0.15, -0.1) is 0 Å². The van der Waals surface area contributed by atoms with Crippen LogP contribution in [0.2, 0.25) is 0 Å². The monoisotopic (exact) mass is 403 g/mol. The first kappa shape index (κ1) is 19.7. The van der Waals surface area contributed by atoms with Gasteiger partial charge in [-0.25, -0.2) is 0 Å².